The molecule has 3 N–H and O–H groups in total. The van der Waals surface area contributed by atoms with Gasteiger partial charge in [0.25, 0.3) is 0 Å². The number of pyridine rings is 1. The van der Waals surface area contributed by atoms with Gasteiger partial charge in [0.05, 0.1) is 5.54 Å². The zero-order chi connectivity index (χ0) is 18.5. The smallest absolute Gasteiger partial charge is 0.244 e. The van der Waals surface area contributed by atoms with Crippen LogP contribution >= 0.6 is 24.8 Å². The molecule has 1 aromatic rings. The molecule has 2 heterocycles. The van der Waals surface area contributed by atoms with E-state index in [9.17, 15) is 13.2 Å². The fourth-order valence-corrected chi connectivity index (χ4v) is 4.57. The van der Waals surface area contributed by atoms with E-state index in [0.717, 1.165) is 12.8 Å². The molecule has 0 atom stereocenters. The SMILES string of the molecule is CCC(CC)(CN)NC(=O)C1CCN(S(=O)(=O)c2cccnc2)CC1.Cl.Cl. The van der Waals surface area contributed by atoms with E-state index < -0.39 is 10.0 Å². The summed E-state index contributed by atoms with van der Waals surface area (Å²) in [6.07, 6.45) is 5.48. The largest absolute Gasteiger partial charge is 0.349 e. The first-order chi connectivity index (χ1) is 11.9. The second-order valence-corrected chi connectivity index (χ2v) is 8.49. The summed E-state index contributed by atoms with van der Waals surface area (Å²) >= 11 is 0. The van der Waals surface area contributed by atoms with Gasteiger partial charge in [0, 0.05) is 37.9 Å². The van der Waals surface area contributed by atoms with E-state index in [4.69, 9.17) is 5.73 Å². The van der Waals surface area contributed by atoms with Crippen molar-refractivity contribution in [2.75, 3.05) is 19.6 Å². The molecule has 0 aliphatic carbocycles. The van der Waals surface area contributed by atoms with Gasteiger partial charge < -0.3 is 11.1 Å². The van der Waals surface area contributed by atoms with Crippen molar-refractivity contribution in [2.24, 2.45) is 11.7 Å². The lowest BCUT2D eigenvalue weighted by atomic mass is 9.90. The lowest BCUT2D eigenvalue weighted by Crippen LogP contribution is -2.55. The van der Waals surface area contributed by atoms with Crippen LogP contribution in [0.4, 0.5) is 0 Å². The summed E-state index contributed by atoms with van der Waals surface area (Å²) in [7, 11) is -3.54. The topological polar surface area (TPSA) is 105 Å². The number of amides is 1. The molecule has 0 unspecified atom stereocenters. The van der Waals surface area contributed by atoms with Crippen LogP contribution in [0.25, 0.3) is 0 Å². The minimum atomic E-state index is -3.54. The maximum absolute atomic E-state index is 12.6. The third-order valence-corrected chi connectivity index (χ3v) is 7.11. The van der Waals surface area contributed by atoms with Gasteiger partial charge in [-0.2, -0.15) is 4.31 Å². The zero-order valence-corrected chi connectivity index (χ0v) is 18.2. The molecular formula is C17H30Cl2N4O3S. The average Bonchev–Trinajstić information content (AvgIpc) is 2.67. The van der Waals surface area contributed by atoms with E-state index in [1.807, 2.05) is 13.8 Å². The molecule has 1 aliphatic heterocycles. The van der Waals surface area contributed by atoms with Crippen LogP contribution in [-0.2, 0) is 14.8 Å². The molecule has 156 valence electrons. The van der Waals surface area contributed by atoms with E-state index in [0.29, 0.717) is 32.5 Å². The van der Waals surface area contributed by atoms with Crippen molar-refractivity contribution in [3.8, 4) is 0 Å². The molecule has 0 radical (unpaired) electrons. The fourth-order valence-electron chi connectivity index (χ4n) is 3.14. The number of hydrogen-bond donors (Lipinski definition) is 2. The molecule has 10 heteroatoms. The summed E-state index contributed by atoms with van der Waals surface area (Å²) in [4.78, 5) is 16.6. The highest BCUT2D eigenvalue weighted by atomic mass is 35.5. The van der Waals surface area contributed by atoms with Gasteiger partial charge in [-0.1, -0.05) is 13.8 Å². The van der Waals surface area contributed by atoms with Crippen molar-refractivity contribution >= 4 is 40.7 Å². The summed E-state index contributed by atoms with van der Waals surface area (Å²) in [5.74, 6) is -0.197. The minimum absolute atomic E-state index is 0. The third kappa shape index (κ3) is 6.02. The van der Waals surface area contributed by atoms with Crippen molar-refractivity contribution in [1.82, 2.24) is 14.6 Å². The number of hydrogen-bond acceptors (Lipinski definition) is 5. The van der Waals surface area contributed by atoms with Gasteiger partial charge >= 0.3 is 0 Å². The van der Waals surface area contributed by atoms with Crippen LogP contribution in [0.3, 0.4) is 0 Å². The van der Waals surface area contributed by atoms with Gasteiger partial charge in [-0.15, -0.1) is 24.8 Å². The Kier molecular flexibility index (Phi) is 10.8. The predicted octanol–water partition coefficient (Wildman–Crippen LogP) is 1.96. The van der Waals surface area contributed by atoms with Crippen LogP contribution in [0.15, 0.2) is 29.4 Å². The molecular weight excluding hydrogens is 411 g/mol. The Morgan fingerprint density at radius 2 is 1.89 bits per heavy atom. The van der Waals surface area contributed by atoms with Gasteiger partial charge in [0.15, 0.2) is 0 Å². The lowest BCUT2D eigenvalue weighted by Gasteiger charge is -2.35. The molecule has 1 aromatic heterocycles. The second-order valence-electron chi connectivity index (χ2n) is 6.55. The van der Waals surface area contributed by atoms with Crippen molar-refractivity contribution < 1.29 is 13.2 Å². The average molecular weight is 441 g/mol. The molecule has 1 fully saturated rings. The van der Waals surface area contributed by atoms with Crippen molar-refractivity contribution in [3.05, 3.63) is 24.5 Å². The number of nitrogens with one attached hydrogen (secondary N) is 1. The molecule has 1 amide bonds. The van der Waals surface area contributed by atoms with Crippen LogP contribution in [-0.4, -0.2) is 48.8 Å². The Balaban J connectivity index is 0.00000338. The Bertz CT molecular complexity index is 668. The van der Waals surface area contributed by atoms with E-state index in [-0.39, 0.29) is 47.1 Å². The molecule has 0 saturated carbocycles. The molecule has 1 saturated heterocycles. The Hall–Kier alpha value is -0.930. The number of halogens is 2. The minimum Gasteiger partial charge on any atom is -0.349 e. The van der Waals surface area contributed by atoms with E-state index in [1.54, 1.807) is 18.3 Å². The molecule has 27 heavy (non-hydrogen) atoms. The normalized spacial score (nSPS) is 16.1. The highest BCUT2D eigenvalue weighted by Crippen LogP contribution is 2.24. The first-order valence-corrected chi connectivity index (χ1v) is 10.2. The number of nitrogens with two attached hydrogens (primary N) is 1. The van der Waals surface area contributed by atoms with Gasteiger partial charge in [-0.25, -0.2) is 8.42 Å². The molecule has 0 aromatic carbocycles. The Labute approximate surface area is 174 Å². The molecule has 2 rings (SSSR count). The number of sulfonamides is 1. The summed E-state index contributed by atoms with van der Waals surface area (Å²) in [6, 6.07) is 3.15. The van der Waals surface area contributed by atoms with Crippen LogP contribution in [0.5, 0.6) is 0 Å². The third-order valence-electron chi connectivity index (χ3n) is 5.23. The summed E-state index contributed by atoms with van der Waals surface area (Å²) in [5.41, 5.74) is 5.48. The lowest BCUT2D eigenvalue weighted by molar-refractivity contribution is -0.128. The Morgan fingerprint density at radius 3 is 2.33 bits per heavy atom. The van der Waals surface area contributed by atoms with Gasteiger partial charge in [0.1, 0.15) is 4.90 Å². The Morgan fingerprint density at radius 1 is 1.30 bits per heavy atom. The summed E-state index contributed by atoms with van der Waals surface area (Å²) in [6.45, 7) is 5.10. The quantitative estimate of drug-likeness (QED) is 0.673. The highest BCUT2D eigenvalue weighted by Gasteiger charge is 2.35. The molecule has 0 spiro atoms. The first-order valence-electron chi connectivity index (χ1n) is 8.81. The predicted molar refractivity (Wildman–Crippen MR) is 111 cm³/mol. The number of aromatic nitrogens is 1. The standard InChI is InChI=1S/C17H28N4O3S.2ClH/c1-3-17(4-2,13-18)20-16(22)14-7-10-21(11-8-14)25(23,24)15-6-5-9-19-12-15;;/h5-6,9,12,14H,3-4,7-8,10-11,13,18H2,1-2H3,(H,20,22);2*1H. The number of carbonyl (C=O) groups excluding carboxylic acids is 1. The maximum Gasteiger partial charge on any atom is 0.244 e. The van der Waals surface area contributed by atoms with Gasteiger partial charge in [0.2, 0.25) is 15.9 Å². The van der Waals surface area contributed by atoms with Crippen LogP contribution < -0.4 is 11.1 Å². The summed E-state index contributed by atoms with van der Waals surface area (Å²) in [5, 5.41) is 3.09. The number of rotatable bonds is 7. The molecule has 1 aliphatic rings. The first kappa shape index (κ1) is 26.1. The summed E-state index contributed by atoms with van der Waals surface area (Å²) < 4.78 is 26.6. The number of piperidine rings is 1. The monoisotopic (exact) mass is 440 g/mol. The highest BCUT2D eigenvalue weighted by molar-refractivity contribution is 7.89. The van der Waals surface area contributed by atoms with Crippen molar-refractivity contribution in [1.29, 1.82) is 0 Å². The number of carbonyl (C=O) groups is 1. The molecule has 0 bridgehead atoms. The van der Waals surface area contributed by atoms with E-state index in [2.05, 4.69) is 10.3 Å². The van der Waals surface area contributed by atoms with Crippen molar-refractivity contribution in [3.63, 3.8) is 0 Å². The van der Waals surface area contributed by atoms with Crippen LogP contribution in [0, 0.1) is 5.92 Å². The second kappa shape index (κ2) is 11.2. The fraction of sp³-hybridized carbons (Fsp3) is 0.647. The maximum atomic E-state index is 12.6. The van der Waals surface area contributed by atoms with Crippen LogP contribution in [0.2, 0.25) is 0 Å². The number of nitrogens with zero attached hydrogens (tertiary/aromatic N) is 2. The van der Waals surface area contributed by atoms with Crippen LogP contribution in [0.1, 0.15) is 39.5 Å². The zero-order valence-electron chi connectivity index (χ0n) is 15.8. The van der Waals surface area contributed by atoms with E-state index >= 15 is 0 Å². The van der Waals surface area contributed by atoms with Gasteiger partial charge in [-0.3, -0.25) is 9.78 Å². The van der Waals surface area contributed by atoms with Crippen molar-refractivity contribution in [2.45, 2.75) is 50.0 Å². The van der Waals surface area contributed by atoms with Gasteiger partial charge in [-0.05, 0) is 37.8 Å². The van der Waals surface area contributed by atoms with E-state index in [1.165, 1.54) is 10.5 Å². The molecule has 7 nitrogen and oxygen atoms in total.